The molecular weight excluding hydrogens is 202 g/mol. The number of methoxy groups -OCH3 is 1. The molecule has 0 N–H and O–H groups in total. The monoisotopic (exact) mass is 223 g/mol. The molecule has 1 unspecified atom stereocenters. The summed E-state index contributed by atoms with van der Waals surface area (Å²) in [7, 11) is 5.55. The SMILES string of the molecule is CCCC(C)c1ncc(OC)c(N(C)C)n1. The number of ether oxygens (including phenoxy) is 1. The van der Waals surface area contributed by atoms with Gasteiger partial charge in [0.25, 0.3) is 0 Å². The molecule has 0 radical (unpaired) electrons. The van der Waals surface area contributed by atoms with Gasteiger partial charge >= 0.3 is 0 Å². The van der Waals surface area contributed by atoms with E-state index in [-0.39, 0.29) is 0 Å². The maximum absolute atomic E-state index is 5.23. The molecule has 4 heteroatoms. The zero-order valence-electron chi connectivity index (χ0n) is 10.8. The van der Waals surface area contributed by atoms with Crippen molar-refractivity contribution in [1.29, 1.82) is 0 Å². The second-order valence-corrected chi connectivity index (χ2v) is 4.20. The Balaban J connectivity index is 3.01. The standard InChI is InChI=1S/C12H21N3O/c1-6-7-9(2)11-13-8-10(16-5)12(14-11)15(3)4/h8-9H,6-7H2,1-5H3. The predicted molar refractivity (Wildman–Crippen MR) is 66.2 cm³/mol. The molecule has 0 saturated carbocycles. The quantitative estimate of drug-likeness (QED) is 0.768. The van der Waals surface area contributed by atoms with Crippen LogP contribution >= 0.6 is 0 Å². The minimum Gasteiger partial charge on any atom is -0.491 e. The Kier molecular flexibility index (Phi) is 4.52. The van der Waals surface area contributed by atoms with E-state index < -0.39 is 0 Å². The Morgan fingerprint density at radius 1 is 1.44 bits per heavy atom. The summed E-state index contributed by atoms with van der Waals surface area (Å²) in [5.41, 5.74) is 0. The van der Waals surface area contributed by atoms with E-state index >= 15 is 0 Å². The third-order valence-electron chi connectivity index (χ3n) is 2.56. The third-order valence-corrected chi connectivity index (χ3v) is 2.56. The van der Waals surface area contributed by atoms with E-state index in [2.05, 4.69) is 23.8 Å². The van der Waals surface area contributed by atoms with Crippen LogP contribution in [-0.4, -0.2) is 31.2 Å². The summed E-state index contributed by atoms with van der Waals surface area (Å²) in [5.74, 6) is 2.86. The fraction of sp³-hybridized carbons (Fsp3) is 0.667. The van der Waals surface area contributed by atoms with Gasteiger partial charge in [-0.25, -0.2) is 9.97 Å². The van der Waals surface area contributed by atoms with E-state index in [4.69, 9.17) is 4.74 Å². The third kappa shape index (κ3) is 2.84. The number of rotatable bonds is 5. The molecule has 0 aliphatic rings. The number of anilines is 1. The van der Waals surface area contributed by atoms with Gasteiger partial charge in [-0.2, -0.15) is 0 Å². The number of hydrogen-bond acceptors (Lipinski definition) is 4. The second-order valence-electron chi connectivity index (χ2n) is 4.20. The normalized spacial score (nSPS) is 12.3. The summed E-state index contributed by atoms with van der Waals surface area (Å²) < 4.78 is 5.23. The van der Waals surface area contributed by atoms with E-state index in [0.29, 0.717) is 5.92 Å². The largest absolute Gasteiger partial charge is 0.491 e. The first-order valence-electron chi connectivity index (χ1n) is 5.68. The van der Waals surface area contributed by atoms with Gasteiger partial charge in [-0.05, 0) is 6.42 Å². The van der Waals surface area contributed by atoms with Crippen LogP contribution in [0.1, 0.15) is 38.4 Å². The Hall–Kier alpha value is -1.32. The summed E-state index contributed by atoms with van der Waals surface area (Å²) in [6.45, 7) is 4.33. The van der Waals surface area contributed by atoms with Gasteiger partial charge in [0.15, 0.2) is 11.6 Å². The van der Waals surface area contributed by atoms with Crippen LogP contribution in [0.15, 0.2) is 6.20 Å². The molecule has 0 aliphatic heterocycles. The molecule has 0 saturated heterocycles. The fourth-order valence-electron chi connectivity index (χ4n) is 1.64. The molecule has 1 heterocycles. The van der Waals surface area contributed by atoms with Gasteiger partial charge in [0.05, 0.1) is 13.3 Å². The molecule has 1 rings (SSSR count). The van der Waals surface area contributed by atoms with Gasteiger partial charge in [-0.15, -0.1) is 0 Å². The van der Waals surface area contributed by atoms with Gasteiger partial charge < -0.3 is 9.64 Å². The summed E-state index contributed by atoms with van der Waals surface area (Å²) >= 11 is 0. The lowest BCUT2D eigenvalue weighted by Gasteiger charge is -2.17. The average Bonchev–Trinajstić information content (AvgIpc) is 2.28. The lowest BCUT2D eigenvalue weighted by atomic mass is 10.1. The minimum atomic E-state index is 0.398. The van der Waals surface area contributed by atoms with E-state index in [1.807, 2.05) is 19.0 Å². The van der Waals surface area contributed by atoms with Crippen molar-refractivity contribution < 1.29 is 4.74 Å². The summed E-state index contributed by atoms with van der Waals surface area (Å²) in [6.07, 6.45) is 4.01. The van der Waals surface area contributed by atoms with Crippen molar-refractivity contribution in [2.45, 2.75) is 32.6 Å². The first-order valence-corrected chi connectivity index (χ1v) is 5.68. The van der Waals surface area contributed by atoms with Crippen LogP contribution in [0.4, 0.5) is 5.82 Å². The predicted octanol–water partition coefficient (Wildman–Crippen LogP) is 2.45. The smallest absolute Gasteiger partial charge is 0.179 e. The molecule has 0 fully saturated rings. The summed E-state index contributed by atoms with van der Waals surface area (Å²) in [6, 6.07) is 0. The molecule has 1 aromatic heterocycles. The molecule has 1 atom stereocenters. The van der Waals surface area contributed by atoms with Crippen molar-refractivity contribution in [2.24, 2.45) is 0 Å². The van der Waals surface area contributed by atoms with Crippen molar-refractivity contribution in [3.05, 3.63) is 12.0 Å². The fourth-order valence-corrected chi connectivity index (χ4v) is 1.64. The van der Waals surface area contributed by atoms with Crippen molar-refractivity contribution in [3.8, 4) is 5.75 Å². The van der Waals surface area contributed by atoms with Gasteiger partial charge in [0.2, 0.25) is 0 Å². The molecule has 0 aliphatic carbocycles. The van der Waals surface area contributed by atoms with Crippen molar-refractivity contribution in [3.63, 3.8) is 0 Å². The Bertz CT molecular complexity index is 339. The lowest BCUT2D eigenvalue weighted by molar-refractivity contribution is 0.410. The first kappa shape index (κ1) is 12.7. The molecule has 0 bridgehead atoms. The summed E-state index contributed by atoms with van der Waals surface area (Å²) in [5, 5.41) is 0. The molecule has 4 nitrogen and oxygen atoms in total. The van der Waals surface area contributed by atoms with E-state index in [0.717, 1.165) is 30.2 Å². The van der Waals surface area contributed by atoms with E-state index in [9.17, 15) is 0 Å². The highest BCUT2D eigenvalue weighted by atomic mass is 16.5. The molecule has 90 valence electrons. The number of aromatic nitrogens is 2. The van der Waals surface area contributed by atoms with Crippen LogP contribution < -0.4 is 9.64 Å². The highest BCUT2D eigenvalue weighted by Gasteiger charge is 2.13. The summed E-state index contributed by atoms with van der Waals surface area (Å²) in [4.78, 5) is 10.8. The van der Waals surface area contributed by atoms with Gasteiger partial charge in [0.1, 0.15) is 5.82 Å². The van der Waals surface area contributed by atoms with E-state index in [1.165, 1.54) is 0 Å². The highest BCUT2D eigenvalue weighted by molar-refractivity contribution is 5.50. The minimum absolute atomic E-state index is 0.398. The molecule has 0 aromatic carbocycles. The van der Waals surface area contributed by atoms with Gasteiger partial charge in [-0.3, -0.25) is 0 Å². The van der Waals surface area contributed by atoms with Crippen LogP contribution in [0.25, 0.3) is 0 Å². The topological polar surface area (TPSA) is 38.2 Å². The van der Waals surface area contributed by atoms with Crippen molar-refractivity contribution in [2.75, 3.05) is 26.1 Å². The maximum Gasteiger partial charge on any atom is 0.179 e. The van der Waals surface area contributed by atoms with E-state index in [1.54, 1.807) is 13.3 Å². The van der Waals surface area contributed by atoms with Crippen molar-refractivity contribution in [1.82, 2.24) is 9.97 Å². The van der Waals surface area contributed by atoms with Crippen LogP contribution in [0.2, 0.25) is 0 Å². The second kappa shape index (κ2) is 5.68. The van der Waals surface area contributed by atoms with Gasteiger partial charge in [-0.1, -0.05) is 20.3 Å². The molecule has 0 amide bonds. The average molecular weight is 223 g/mol. The number of nitrogens with zero attached hydrogens (tertiary/aromatic N) is 3. The lowest BCUT2D eigenvalue weighted by Crippen LogP contribution is -2.14. The Morgan fingerprint density at radius 2 is 2.12 bits per heavy atom. The zero-order chi connectivity index (χ0) is 12.1. The van der Waals surface area contributed by atoms with Gasteiger partial charge in [0, 0.05) is 20.0 Å². The highest BCUT2D eigenvalue weighted by Crippen LogP contribution is 2.26. The Morgan fingerprint density at radius 3 is 2.62 bits per heavy atom. The maximum atomic E-state index is 5.23. The van der Waals surface area contributed by atoms with Crippen LogP contribution in [0, 0.1) is 0 Å². The Labute approximate surface area is 97.7 Å². The van der Waals surface area contributed by atoms with Crippen LogP contribution in [0.5, 0.6) is 5.75 Å². The van der Waals surface area contributed by atoms with Crippen molar-refractivity contribution >= 4 is 5.82 Å². The zero-order valence-corrected chi connectivity index (χ0v) is 10.8. The first-order chi connectivity index (χ1) is 7.60. The molecular formula is C12H21N3O. The molecule has 0 spiro atoms. The van der Waals surface area contributed by atoms with Crippen LogP contribution in [0.3, 0.4) is 0 Å². The van der Waals surface area contributed by atoms with Crippen LogP contribution in [-0.2, 0) is 0 Å². The molecule has 1 aromatic rings. The number of hydrogen-bond donors (Lipinski definition) is 0. The molecule has 16 heavy (non-hydrogen) atoms.